The maximum Gasteiger partial charge on any atom is 0.119 e. The van der Waals surface area contributed by atoms with Gasteiger partial charge in [-0.15, -0.1) is 0 Å². The Hall–Kier alpha value is -1.22. The molecule has 0 spiro atoms. The van der Waals surface area contributed by atoms with Crippen molar-refractivity contribution >= 4 is 0 Å². The maximum atomic E-state index is 10.3. The van der Waals surface area contributed by atoms with Gasteiger partial charge in [-0.25, -0.2) is 0 Å². The molecule has 2 aliphatic heterocycles. The van der Waals surface area contributed by atoms with E-state index in [1.807, 2.05) is 19.2 Å². The van der Waals surface area contributed by atoms with Crippen molar-refractivity contribution in [1.29, 1.82) is 0 Å². The Morgan fingerprint density at radius 2 is 1.74 bits per heavy atom. The molecule has 7 nitrogen and oxygen atoms in total. The number of hydrogen-bond acceptors (Lipinski definition) is 7. The summed E-state index contributed by atoms with van der Waals surface area (Å²) in [7, 11) is 1.86. The molecule has 1 saturated carbocycles. The monoisotopic (exact) mass is 433 g/mol. The Labute approximate surface area is 186 Å². The minimum Gasteiger partial charge on any atom is -0.491 e. The van der Waals surface area contributed by atoms with Crippen molar-refractivity contribution in [2.24, 2.45) is 17.6 Å². The fraction of sp³-hybridized carbons (Fsp3) is 0.750. The number of aliphatic hydroxyl groups is 2. The van der Waals surface area contributed by atoms with E-state index >= 15 is 0 Å². The van der Waals surface area contributed by atoms with Gasteiger partial charge < -0.3 is 30.3 Å². The first kappa shape index (κ1) is 23.0. The molecule has 1 aromatic rings. The van der Waals surface area contributed by atoms with E-state index in [1.54, 1.807) is 0 Å². The van der Waals surface area contributed by atoms with Crippen LogP contribution >= 0.6 is 0 Å². The van der Waals surface area contributed by atoms with Gasteiger partial charge >= 0.3 is 0 Å². The van der Waals surface area contributed by atoms with Crippen molar-refractivity contribution in [2.45, 2.75) is 50.0 Å². The number of hydrogen-bond donors (Lipinski definition) is 3. The lowest BCUT2D eigenvalue weighted by atomic mass is 9.91. The van der Waals surface area contributed by atoms with Crippen LogP contribution in [-0.4, -0.2) is 90.8 Å². The highest BCUT2D eigenvalue weighted by Gasteiger charge is 2.42. The molecule has 1 aromatic carbocycles. The van der Waals surface area contributed by atoms with Gasteiger partial charge in [0.15, 0.2) is 0 Å². The third-order valence-corrected chi connectivity index (χ3v) is 7.50. The molecule has 7 heteroatoms. The van der Waals surface area contributed by atoms with Crippen LogP contribution < -0.4 is 10.5 Å². The van der Waals surface area contributed by atoms with Crippen LogP contribution in [-0.2, 0) is 11.3 Å². The average molecular weight is 434 g/mol. The fourth-order valence-electron chi connectivity index (χ4n) is 5.63. The Kier molecular flexibility index (Phi) is 7.52. The number of nitrogens with two attached hydrogens (primary N) is 1. The predicted octanol–water partition coefficient (Wildman–Crippen LogP) is 1.07. The van der Waals surface area contributed by atoms with E-state index in [-0.39, 0.29) is 6.61 Å². The maximum absolute atomic E-state index is 10.3. The van der Waals surface area contributed by atoms with Gasteiger partial charge in [0.1, 0.15) is 18.5 Å². The first-order valence-corrected chi connectivity index (χ1v) is 11.8. The minimum absolute atomic E-state index is 0.269. The summed E-state index contributed by atoms with van der Waals surface area (Å²) in [6, 6.07) is 8.26. The molecule has 2 unspecified atom stereocenters. The quantitative estimate of drug-likeness (QED) is 0.537. The molecule has 1 aliphatic carbocycles. The number of piperidine rings is 2. The number of rotatable bonds is 9. The van der Waals surface area contributed by atoms with Crippen LogP contribution in [0.1, 0.15) is 31.2 Å². The number of fused-ring (bicyclic) bond motifs is 2. The first-order chi connectivity index (χ1) is 15.0. The highest BCUT2D eigenvalue weighted by molar-refractivity contribution is 5.27. The molecular formula is C24H39N3O4. The molecule has 3 fully saturated rings. The average Bonchev–Trinajstić information content (AvgIpc) is 3.04. The largest absolute Gasteiger partial charge is 0.491 e. The van der Waals surface area contributed by atoms with Crippen molar-refractivity contribution in [3.05, 3.63) is 29.8 Å². The van der Waals surface area contributed by atoms with Crippen LogP contribution in [0.5, 0.6) is 5.75 Å². The summed E-state index contributed by atoms with van der Waals surface area (Å²) in [5.74, 6) is 2.14. The summed E-state index contributed by atoms with van der Waals surface area (Å²) in [5, 5.41) is 20.6. The summed E-state index contributed by atoms with van der Waals surface area (Å²) < 4.78 is 11.5. The van der Waals surface area contributed by atoms with E-state index in [1.165, 1.54) is 18.4 Å². The van der Waals surface area contributed by atoms with E-state index in [0.29, 0.717) is 43.9 Å². The minimum atomic E-state index is -0.737. The zero-order chi connectivity index (χ0) is 21.8. The summed E-state index contributed by atoms with van der Waals surface area (Å²) in [6.07, 6.45) is 3.79. The number of aliphatic hydroxyl groups excluding tert-OH is 1. The van der Waals surface area contributed by atoms with Gasteiger partial charge in [-0.1, -0.05) is 12.1 Å². The van der Waals surface area contributed by atoms with E-state index in [2.05, 4.69) is 21.9 Å². The van der Waals surface area contributed by atoms with Crippen molar-refractivity contribution in [1.82, 2.24) is 9.80 Å². The molecule has 0 aromatic heterocycles. The molecule has 2 bridgehead atoms. The zero-order valence-corrected chi connectivity index (χ0v) is 18.8. The van der Waals surface area contributed by atoms with E-state index < -0.39 is 11.7 Å². The first-order valence-electron chi connectivity index (χ1n) is 11.8. The second-order valence-electron chi connectivity index (χ2n) is 9.83. The number of β-amino-alcohol motifs (C(OH)–C–C–N with tert-alkyl or cyclic N) is 1. The smallest absolute Gasteiger partial charge is 0.119 e. The summed E-state index contributed by atoms with van der Waals surface area (Å²) >= 11 is 0. The molecule has 4 N–H and O–H groups in total. The second kappa shape index (κ2) is 10.1. The second-order valence-corrected chi connectivity index (χ2v) is 9.83. The van der Waals surface area contributed by atoms with Gasteiger partial charge in [-0.2, -0.15) is 0 Å². The molecule has 0 radical (unpaired) electrons. The molecule has 4 rings (SSSR count). The molecule has 174 valence electrons. The summed E-state index contributed by atoms with van der Waals surface area (Å²) in [6.45, 7) is 5.85. The Balaban J connectivity index is 1.18. The van der Waals surface area contributed by atoms with Crippen molar-refractivity contribution in [3.8, 4) is 5.75 Å². The number of ether oxygens (including phenoxy) is 2. The normalized spacial score (nSPS) is 29.7. The molecule has 0 amide bonds. The number of nitrogens with zero attached hydrogens (tertiary/aromatic N) is 2. The third-order valence-electron chi connectivity index (χ3n) is 7.50. The number of methoxy groups -OCH3 is 1. The molecular weight excluding hydrogens is 394 g/mol. The Bertz CT molecular complexity index is 679. The van der Waals surface area contributed by atoms with E-state index in [9.17, 15) is 10.2 Å². The Morgan fingerprint density at radius 1 is 1.10 bits per heavy atom. The van der Waals surface area contributed by atoms with Crippen LogP contribution in [0.3, 0.4) is 0 Å². The van der Waals surface area contributed by atoms with E-state index in [0.717, 1.165) is 38.5 Å². The molecule has 4 atom stereocenters. The number of benzene rings is 1. The lowest BCUT2D eigenvalue weighted by Gasteiger charge is -2.38. The lowest BCUT2D eigenvalue weighted by molar-refractivity contribution is -0.0265. The predicted molar refractivity (Wildman–Crippen MR) is 120 cm³/mol. The highest BCUT2D eigenvalue weighted by atomic mass is 16.5. The summed E-state index contributed by atoms with van der Waals surface area (Å²) in [5.41, 5.74) is 6.20. The van der Waals surface area contributed by atoms with Crippen LogP contribution in [0.25, 0.3) is 0 Å². The van der Waals surface area contributed by atoms with Gasteiger partial charge in [0.05, 0.1) is 11.7 Å². The van der Waals surface area contributed by atoms with E-state index in [4.69, 9.17) is 15.2 Å². The molecule has 31 heavy (non-hydrogen) atoms. The topological polar surface area (TPSA) is 91.4 Å². The highest BCUT2D eigenvalue weighted by Crippen LogP contribution is 2.39. The molecule has 3 aliphatic rings. The van der Waals surface area contributed by atoms with Crippen LogP contribution in [0, 0.1) is 11.8 Å². The summed E-state index contributed by atoms with van der Waals surface area (Å²) in [4.78, 5) is 4.73. The lowest BCUT2D eigenvalue weighted by Crippen LogP contribution is -2.50. The van der Waals surface area contributed by atoms with Gasteiger partial charge in [-0.05, 0) is 55.2 Å². The van der Waals surface area contributed by atoms with Crippen molar-refractivity contribution in [3.63, 3.8) is 0 Å². The Morgan fingerprint density at radius 3 is 2.32 bits per heavy atom. The fourth-order valence-corrected chi connectivity index (χ4v) is 5.63. The molecule has 2 saturated heterocycles. The number of likely N-dealkylation sites (tertiary alicyclic amines) is 2. The third kappa shape index (κ3) is 5.78. The van der Waals surface area contributed by atoms with Crippen molar-refractivity contribution in [2.75, 3.05) is 53.0 Å². The van der Waals surface area contributed by atoms with Gasteiger partial charge in [-0.3, -0.25) is 4.90 Å². The SMILES string of the molecule is COC1[C@@H]2CC[C@H]1CN(Cc1ccc(OCC(O)CN3CCC(O)(CN)CC3)cc1)C2. The zero-order valence-electron chi connectivity index (χ0n) is 18.8. The van der Waals surface area contributed by atoms with Crippen LogP contribution in [0.2, 0.25) is 0 Å². The van der Waals surface area contributed by atoms with Gasteiger partial charge in [0.2, 0.25) is 0 Å². The standard InChI is InChI=1S/C24H39N3O4/c1-30-23-19-4-5-20(23)14-27(13-19)12-18-2-6-22(7-3-18)31-16-21(28)15-26-10-8-24(29,17-25)9-11-26/h2-3,6-7,19-21,23,28-29H,4-5,8-17,25H2,1H3/t19-,20+,21?,23?. The van der Waals surface area contributed by atoms with Crippen LogP contribution in [0.15, 0.2) is 24.3 Å². The van der Waals surface area contributed by atoms with Gasteiger partial charge in [0, 0.05) is 52.9 Å². The molecule has 2 heterocycles. The van der Waals surface area contributed by atoms with Crippen LogP contribution in [0.4, 0.5) is 0 Å². The van der Waals surface area contributed by atoms with Gasteiger partial charge in [0.25, 0.3) is 0 Å². The van der Waals surface area contributed by atoms with Crippen molar-refractivity contribution < 1.29 is 19.7 Å².